The second-order valence-electron chi connectivity index (χ2n) is 4.57. The summed E-state index contributed by atoms with van der Waals surface area (Å²) in [5.41, 5.74) is 1.84. The number of ether oxygens (including phenoxy) is 1. The second-order valence-corrected chi connectivity index (χ2v) is 4.57. The fraction of sp³-hybridized carbons (Fsp3) is 0.286. The highest BCUT2D eigenvalue weighted by Crippen LogP contribution is 2.27. The number of aromatic nitrogens is 1. The van der Waals surface area contributed by atoms with Crippen molar-refractivity contribution >= 4 is 5.91 Å². The van der Waals surface area contributed by atoms with Gasteiger partial charge in [-0.1, -0.05) is 11.2 Å². The summed E-state index contributed by atoms with van der Waals surface area (Å²) in [7, 11) is 0. The van der Waals surface area contributed by atoms with E-state index in [1.807, 2.05) is 12.1 Å². The van der Waals surface area contributed by atoms with Gasteiger partial charge in [0.1, 0.15) is 5.75 Å². The molecular formula is C14H14N2O4. The van der Waals surface area contributed by atoms with Crippen LogP contribution in [-0.2, 0) is 6.42 Å². The van der Waals surface area contributed by atoms with E-state index < -0.39 is 12.0 Å². The van der Waals surface area contributed by atoms with E-state index in [1.165, 1.54) is 12.3 Å². The van der Waals surface area contributed by atoms with Crippen LogP contribution in [0.2, 0.25) is 0 Å². The highest BCUT2D eigenvalue weighted by atomic mass is 16.5. The molecule has 0 saturated carbocycles. The van der Waals surface area contributed by atoms with Crippen molar-refractivity contribution in [2.75, 3.05) is 13.2 Å². The fourth-order valence-corrected chi connectivity index (χ4v) is 2.14. The molecule has 1 aliphatic rings. The highest BCUT2D eigenvalue weighted by molar-refractivity contribution is 5.91. The Morgan fingerprint density at radius 2 is 2.35 bits per heavy atom. The van der Waals surface area contributed by atoms with Gasteiger partial charge in [0.05, 0.1) is 18.9 Å². The molecule has 1 unspecified atom stereocenters. The summed E-state index contributed by atoms with van der Waals surface area (Å²) < 4.78 is 10.1. The van der Waals surface area contributed by atoms with Gasteiger partial charge in [0.25, 0.3) is 5.91 Å². The van der Waals surface area contributed by atoms with E-state index in [-0.39, 0.29) is 12.3 Å². The van der Waals surface area contributed by atoms with Gasteiger partial charge in [0.15, 0.2) is 0 Å². The zero-order chi connectivity index (χ0) is 13.9. The molecule has 6 nitrogen and oxygen atoms in total. The van der Waals surface area contributed by atoms with Crippen LogP contribution >= 0.6 is 0 Å². The molecule has 1 aromatic heterocycles. The maximum atomic E-state index is 11.7. The van der Waals surface area contributed by atoms with E-state index in [0.717, 1.165) is 23.3 Å². The number of hydrogen-bond acceptors (Lipinski definition) is 5. The average Bonchev–Trinajstić information content (AvgIpc) is 3.13. The predicted octanol–water partition coefficient (Wildman–Crippen LogP) is 1.07. The quantitative estimate of drug-likeness (QED) is 0.871. The van der Waals surface area contributed by atoms with Crippen LogP contribution in [0.4, 0.5) is 0 Å². The molecule has 2 aromatic rings. The van der Waals surface area contributed by atoms with Gasteiger partial charge in [-0.2, -0.15) is 0 Å². The molecule has 0 spiro atoms. The minimum atomic E-state index is -0.771. The number of benzene rings is 1. The van der Waals surface area contributed by atoms with Crippen LogP contribution in [0.25, 0.3) is 0 Å². The lowest BCUT2D eigenvalue weighted by atomic mass is 10.0. The second kappa shape index (κ2) is 5.34. The third kappa shape index (κ3) is 2.50. The van der Waals surface area contributed by atoms with Crippen molar-refractivity contribution in [2.45, 2.75) is 12.5 Å². The van der Waals surface area contributed by atoms with Crippen LogP contribution in [-0.4, -0.2) is 29.3 Å². The molecule has 2 heterocycles. The van der Waals surface area contributed by atoms with E-state index in [0.29, 0.717) is 6.61 Å². The average molecular weight is 274 g/mol. The van der Waals surface area contributed by atoms with Gasteiger partial charge >= 0.3 is 0 Å². The van der Waals surface area contributed by atoms with Crippen LogP contribution in [0.5, 0.6) is 5.75 Å². The molecule has 1 aromatic carbocycles. The maximum Gasteiger partial charge on any atom is 0.289 e. The summed E-state index contributed by atoms with van der Waals surface area (Å²) in [5.74, 6) is 0.595. The zero-order valence-electron chi connectivity index (χ0n) is 10.7. The maximum absolute atomic E-state index is 11.7. The van der Waals surface area contributed by atoms with Crippen molar-refractivity contribution in [1.29, 1.82) is 0 Å². The van der Waals surface area contributed by atoms with Crippen LogP contribution in [0.15, 0.2) is 35.0 Å². The van der Waals surface area contributed by atoms with Crippen molar-refractivity contribution in [3.8, 4) is 5.75 Å². The Morgan fingerprint density at radius 3 is 3.15 bits per heavy atom. The SMILES string of the molecule is O=C(NCC(O)c1ccc2c(c1)CCO2)c1ccno1. The summed E-state index contributed by atoms with van der Waals surface area (Å²) in [4.78, 5) is 11.7. The lowest BCUT2D eigenvalue weighted by Gasteiger charge is -2.12. The molecule has 6 heteroatoms. The Morgan fingerprint density at radius 1 is 1.45 bits per heavy atom. The minimum absolute atomic E-state index is 0.110. The van der Waals surface area contributed by atoms with Crippen molar-refractivity contribution in [3.05, 3.63) is 47.3 Å². The Bertz CT molecular complexity index is 610. The van der Waals surface area contributed by atoms with E-state index in [4.69, 9.17) is 9.26 Å². The number of carbonyl (C=O) groups is 1. The van der Waals surface area contributed by atoms with Gasteiger partial charge in [-0.3, -0.25) is 4.79 Å². The van der Waals surface area contributed by atoms with Gasteiger partial charge < -0.3 is 19.7 Å². The summed E-state index contributed by atoms with van der Waals surface area (Å²) in [6, 6.07) is 7.02. The first-order valence-corrected chi connectivity index (χ1v) is 6.36. The number of fused-ring (bicyclic) bond motifs is 1. The molecule has 0 aliphatic carbocycles. The Labute approximate surface area is 115 Å². The number of rotatable bonds is 4. The lowest BCUT2D eigenvalue weighted by Crippen LogP contribution is -2.28. The lowest BCUT2D eigenvalue weighted by molar-refractivity contribution is 0.0880. The van der Waals surface area contributed by atoms with Crippen molar-refractivity contribution < 1.29 is 19.2 Å². The van der Waals surface area contributed by atoms with Crippen LogP contribution in [0.3, 0.4) is 0 Å². The number of nitrogens with zero attached hydrogens (tertiary/aromatic N) is 1. The molecule has 104 valence electrons. The molecule has 1 atom stereocenters. The first-order chi connectivity index (χ1) is 9.74. The molecule has 1 aliphatic heterocycles. The summed E-state index contributed by atoms with van der Waals surface area (Å²) in [6.45, 7) is 0.788. The van der Waals surface area contributed by atoms with Gasteiger partial charge in [-0.25, -0.2) is 0 Å². The minimum Gasteiger partial charge on any atom is -0.493 e. The molecule has 0 radical (unpaired) electrons. The number of aliphatic hydroxyl groups excluding tert-OH is 1. The molecule has 3 rings (SSSR count). The van der Waals surface area contributed by atoms with Crippen LogP contribution in [0.1, 0.15) is 27.8 Å². The Hall–Kier alpha value is -2.34. The monoisotopic (exact) mass is 274 g/mol. The van der Waals surface area contributed by atoms with E-state index in [2.05, 4.69) is 10.5 Å². The largest absolute Gasteiger partial charge is 0.493 e. The Kier molecular flexibility index (Phi) is 3.39. The Balaban J connectivity index is 1.62. The normalized spacial score (nSPS) is 14.4. The topological polar surface area (TPSA) is 84.6 Å². The summed E-state index contributed by atoms with van der Waals surface area (Å²) in [6.07, 6.45) is 1.47. The third-order valence-electron chi connectivity index (χ3n) is 3.22. The third-order valence-corrected chi connectivity index (χ3v) is 3.22. The number of amides is 1. The molecule has 0 bridgehead atoms. The van der Waals surface area contributed by atoms with Crippen molar-refractivity contribution in [1.82, 2.24) is 10.5 Å². The molecule has 0 saturated heterocycles. The highest BCUT2D eigenvalue weighted by Gasteiger charge is 2.17. The molecule has 2 N–H and O–H groups in total. The number of nitrogens with one attached hydrogen (secondary N) is 1. The first kappa shape index (κ1) is 12.7. The summed E-state index contributed by atoms with van der Waals surface area (Å²) >= 11 is 0. The number of carbonyl (C=O) groups excluding carboxylic acids is 1. The smallest absolute Gasteiger partial charge is 0.289 e. The van der Waals surface area contributed by atoms with E-state index in [9.17, 15) is 9.90 Å². The first-order valence-electron chi connectivity index (χ1n) is 6.36. The van der Waals surface area contributed by atoms with E-state index >= 15 is 0 Å². The molecular weight excluding hydrogens is 260 g/mol. The molecule has 1 amide bonds. The van der Waals surface area contributed by atoms with Crippen LogP contribution in [0, 0.1) is 0 Å². The summed E-state index contributed by atoms with van der Waals surface area (Å²) in [5, 5.41) is 16.1. The fourth-order valence-electron chi connectivity index (χ4n) is 2.14. The van der Waals surface area contributed by atoms with Gasteiger partial charge in [-0.05, 0) is 23.3 Å². The van der Waals surface area contributed by atoms with Gasteiger partial charge in [0.2, 0.25) is 5.76 Å². The predicted molar refractivity (Wildman–Crippen MR) is 69.4 cm³/mol. The van der Waals surface area contributed by atoms with Crippen LogP contribution < -0.4 is 10.1 Å². The number of hydrogen-bond donors (Lipinski definition) is 2. The molecule has 0 fully saturated rings. The van der Waals surface area contributed by atoms with E-state index in [1.54, 1.807) is 6.07 Å². The molecule has 20 heavy (non-hydrogen) atoms. The zero-order valence-corrected chi connectivity index (χ0v) is 10.7. The van der Waals surface area contributed by atoms with Crippen molar-refractivity contribution in [2.24, 2.45) is 0 Å². The van der Waals surface area contributed by atoms with Gasteiger partial charge in [-0.15, -0.1) is 0 Å². The van der Waals surface area contributed by atoms with Gasteiger partial charge in [0, 0.05) is 19.0 Å². The van der Waals surface area contributed by atoms with Crippen molar-refractivity contribution in [3.63, 3.8) is 0 Å². The standard InChI is InChI=1S/C14H14N2O4/c17-11(8-15-14(18)13-3-5-16-20-13)9-1-2-12-10(7-9)4-6-19-12/h1-3,5,7,11,17H,4,6,8H2,(H,15,18). The number of aliphatic hydroxyl groups is 1.